The summed E-state index contributed by atoms with van der Waals surface area (Å²) in [6.45, 7) is 2.39. The van der Waals surface area contributed by atoms with Crippen molar-refractivity contribution in [3.8, 4) is 16.9 Å². The zero-order chi connectivity index (χ0) is 13.8. The Hall–Kier alpha value is -1.32. The first-order chi connectivity index (χ1) is 9.17. The number of benzene rings is 2. The van der Waals surface area contributed by atoms with E-state index in [1.54, 1.807) is 6.07 Å². The molecule has 0 aliphatic heterocycles. The van der Waals surface area contributed by atoms with Gasteiger partial charge in [-0.3, -0.25) is 4.79 Å². The Labute approximate surface area is 125 Å². The van der Waals surface area contributed by atoms with Gasteiger partial charge in [0.15, 0.2) is 6.29 Å². The van der Waals surface area contributed by atoms with Crippen LogP contribution in [0.5, 0.6) is 5.75 Å². The van der Waals surface area contributed by atoms with E-state index in [0.29, 0.717) is 22.9 Å². The van der Waals surface area contributed by atoms with Crippen LogP contribution in [0.1, 0.15) is 17.3 Å². The van der Waals surface area contributed by atoms with Crippen molar-refractivity contribution in [3.63, 3.8) is 0 Å². The Morgan fingerprint density at radius 1 is 1.32 bits per heavy atom. The van der Waals surface area contributed by atoms with Gasteiger partial charge in [-0.25, -0.2) is 0 Å². The first kappa shape index (κ1) is 14.1. The summed E-state index contributed by atoms with van der Waals surface area (Å²) in [4.78, 5) is 11.0. The van der Waals surface area contributed by atoms with Crippen LogP contribution in [0.15, 0.2) is 40.9 Å². The largest absolute Gasteiger partial charge is 0.493 e. The Balaban J connectivity index is 2.54. The summed E-state index contributed by atoms with van der Waals surface area (Å²) in [5, 5.41) is 0.642. The molecule has 0 spiro atoms. The number of rotatable bonds is 4. The number of carbonyl (C=O) groups excluding carboxylic acids is 1. The van der Waals surface area contributed by atoms with Crippen molar-refractivity contribution in [2.75, 3.05) is 6.61 Å². The normalized spacial score (nSPS) is 10.3. The summed E-state index contributed by atoms with van der Waals surface area (Å²) < 4.78 is 6.31. The highest BCUT2D eigenvalue weighted by atomic mass is 79.9. The molecule has 4 heteroatoms. The lowest BCUT2D eigenvalue weighted by Crippen LogP contribution is -1.96. The van der Waals surface area contributed by atoms with E-state index in [1.165, 1.54) is 0 Å². The highest BCUT2D eigenvalue weighted by molar-refractivity contribution is 9.10. The summed E-state index contributed by atoms with van der Waals surface area (Å²) >= 11 is 9.67. The van der Waals surface area contributed by atoms with Crippen LogP contribution in [0, 0.1) is 0 Å². The molecule has 0 aliphatic rings. The van der Waals surface area contributed by atoms with Gasteiger partial charge in [-0.2, -0.15) is 0 Å². The van der Waals surface area contributed by atoms with Crippen LogP contribution >= 0.6 is 27.5 Å². The molecule has 0 atom stereocenters. The van der Waals surface area contributed by atoms with Crippen molar-refractivity contribution in [2.24, 2.45) is 0 Å². The van der Waals surface area contributed by atoms with E-state index in [9.17, 15) is 4.79 Å². The molecule has 2 aromatic carbocycles. The number of hydrogen-bond donors (Lipinski definition) is 0. The smallest absolute Gasteiger partial charge is 0.153 e. The summed E-state index contributed by atoms with van der Waals surface area (Å²) in [6, 6.07) is 11.2. The van der Waals surface area contributed by atoms with Crippen molar-refractivity contribution in [1.82, 2.24) is 0 Å². The van der Waals surface area contributed by atoms with Gasteiger partial charge in [-0.15, -0.1) is 0 Å². The number of hydrogen-bond acceptors (Lipinski definition) is 2. The summed E-state index contributed by atoms with van der Waals surface area (Å²) in [5.41, 5.74) is 2.35. The molecule has 0 N–H and O–H groups in total. The molecule has 0 fully saturated rings. The predicted molar refractivity (Wildman–Crippen MR) is 81.1 cm³/mol. The summed E-state index contributed by atoms with van der Waals surface area (Å²) in [6.07, 6.45) is 0.789. The van der Waals surface area contributed by atoms with Gasteiger partial charge >= 0.3 is 0 Å². The molecule has 98 valence electrons. The van der Waals surface area contributed by atoms with Gasteiger partial charge in [0.1, 0.15) is 5.75 Å². The topological polar surface area (TPSA) is 26.3 Å². The molecule has 0 amide bonds. The molecule has 0 aliphatic carbocycles. The molecular formula is C15H12BrClO2. The molecule has 0 heterocycles. The van der Waals surface area contributed by atoms with Gasteiger partial charge in [0.05, 0.1) is 17.2 Å². The van der Waals surface area contributed by atoms with E-state index in [4.69, 9.17) is 16.3 Å². The lowest BCUT2D eigenvalue weighted by Gasteiger charge is -2.10. The van der Waals surface area contributed by atoms with Gasteiger partial charge in [0.2, 0.25) is 0 Å². The van der Waals surface area contributed by atoms with Crippen LogP contribution in [0.3, 0.4) is 0 Å². The van der Waals surface area contributed by atoms with Crippen molar-refractivity contribution >= 4 is 33.8 Å². The Morgan fingerprint density at radius 2 is 2.11 bits per heavy atom. The number of aldehydes is 1. The van der Waals surface area contributed by atoms with E-state index in [-0.39, 0.29) is 0 Å². The van der Waals surface area contributed by atoms with Gasteiger partial charge < -0.3 is 4.74 Å². The molecule has 0 radical (unpaired) electrons. The Kier molecular flexibility index (Phi) is 4.61. The quantitative estimate of drug-likeness (QED) is 0.734. The molecule has 0 saturated heterocycles. The van der Waals surface area contributed by atoms with E-state index in [2.05, 4.69) is 15.9 Å². The first-order valence-corrected chi connectivity index (χ1v) is 7.01. The third-order valence-corrected chi connectivity index (χ3v) is 4.00. The van der Waals surface area contributed by atoms with Crippen molar-refractivity contribution in [3.05, 3.63) is 51.5 Å². The molecule has 0 aromatic heterocycles. The van der Waals surface area contributed by atoms with Crippen LogP contribution < -0.4 is 4.74 Å². The SMILES string of the molecule is CCOc1cc(-c2cccc(Br)c2Cl)ccc1C=O. The fraction of sp³-hybridized carbons (Fsp3) is 0.133. The summed E-state index contributed by atoms with van der Waals surface area (Å²) in [5.74, 6) is 0.575. The summed E-state index contributed by atoms with van der Waals surface area (Å²) in [7, 11) is 0. The maximum atomic E-state index is 11.0. The minimum Gasteiger partial charge on any atom is -0.493 e. The van der Waals surface area contributed by atoms with Crippen molar-refractivity contribution < 1.29 is 9.53 Å². The first-order valence-electron chi connectivity index (χ1n) is 5.83. The highest BCUT2D eigenvalue weighted by Crippen LogP contribution is 2.35. The fourth-order valence-corrected chi connectivity index (χ4v) is 2.41. The molecule has 2 nitrogen and oxygen atoms in total. The van der Waals surface area contributed by atoms with Gasteiger partial charge in [0, 0.05) is 10.0 Å². The van der Waals surface area contributed by atoms with Crippen LogP contribution in [-0.4, -0.2) is 12.9 Å². The van der Waals surface area contributed by atoms with Crippen LogP contribution in [0.2, 0.25) is 5.02 Å². The average molecular weight is 340 g/mol. The molecule has 19 heavy (non-hydrogen) atoms. The van der Waals surface area contributed by atoms with E-state index < -0.39 is 0 Å². The minimum atomic E-state index is 0.510. The second-order valence-electron chi connectivity index (χ2n) is 3.90. The zero-order valence-corrected chi connectivity index (χ0v) is 12.7. The maximum absolute atomic E-state index is 11.0. The van der Waals surface area contributed by atoms with Gasteiger partial charge in [-0.05, 0) is 46.6 Å². The van der Waals surface area contributed by atoms with Crippen LogP contribution in [0.4, 0.5) is 0 Å². The lowest BCUT2D eigenvalue weighted by molar-refractivity contribution is 0.112. The number of halogens is 2. The molecule has 0 bridgehead atoms. The zero-order valence-electron chi connectivity index (χ0n) is 10.3. The lowest BCUT2D eigenvalue weighted by atomic mass is 10.0. The van der Waals surface area contributed by atoms with E-state index >= 15 is 0 Å². The van der Waals surface area contributed by atoms with Crippen molar-refractivity contribution in [1.29, 1.82) is 0 Å². The highest BCUT2D eigenvalue weighted by Gasteiger charge is 2.10. The molecule has 0 saturated carbocycles. The number of carbonyl (C=O) groups is 1. The third-order valence-electron chi connectivity index (χ3n) is 2.70. The second-order valence-corrected chi connectivity index (χ2v) is 5.14. The van der Waals surface area contributed by atoms with E-state index in [0.717, 1.165) is 21.9 Å². The molecule has 0 unspecified atom stereocenters. The van der Waals surface area contributed by atoms with Crippen molar-refractivity contribution in [2.45, 2.75) is 6.92 Å². The molecular weight excluding hydrogens is 328 g/mol. The van der Waals surface area contributed by atoms with E-state index in [1.807, 2.05) is 37.3 Å². The maximum Gasteiger partial charge on any atom is 0.153 e. The van der Waals surface area contributed by atoms with Crippen LogP contribution in [0.25, 0.3) is 11.1 Å². The molecule has 2 aromatic rings. The van der Waals surface area contributed by atoms with Gasteiger partial charge in [-0.1, -0.05) is 29.8 Å². The van der Waals surface area contributed by atoms with Crippen LogP contribution in [-0.2, 0) is 0 Å². The monoisotopic (exact) mass is 338 g/mol. The Morgan fingerprint density at radius 3 is 2.79 bits per heavy atom. The Bertz CT molecular complexity index is 611. The molecule has 2 rings (SSSR count). The minimum absolute atomic E-state index is 0.510. The standard InChI is InChI=1S/C15H12BrClO2/c1-2-19-14-8-10(6-7-11(14)9-18)12-4-3-5-13(16)15(12)17/h3-9H,2H2,1H3. The third kappa shape index (κ3) is 2.99. The second kappa shape index (κ2) is 6.22. The predicted octanol–water partition coefficient (Wildman–Crippen LogP) is 4.98. The van der Waals surface area contributed by atoms with Gasteiger partial charge in [0.25, 0.3) is 0 Å². The average Bonchev–Trinajstić information content (AvgIpc) is 2.42. The fourth-order valence-electron chi connectivity index (χ4n) is 1.81. The number of ether oxygens (including phenoxy) is 1.